The molecule has 3 N–H and O–H groups in total. The number of phenolic OH excluding ortho intramolecular Hbond substituents is 2. The van der Waals surface area contributed by atoms with Crippen molar-refractivity contribution in [3.63, 3.8) is 0 Å². The van der Waals surface area contributed by atoms with Crippen LogP contribution in [0.3, 0.4) is 0 Å². The van der Waals surface area contributed by atoms with E-state index < -0.39 is 5.97 Å². The molecule has 6 heteroatoms. The Hall–Kier alpha value is -1.79. The maximum absolute atomic E-state index is 10.9. The molecule has 1 unspecified atom stereocenters. The van der Waals surface area contributed by atoms with Gasteiger partial charge in [-0.05, 0) is 24.6 Å². The first-order valence-electron chi connectivity index (χ1n) is 5.91. The number of hydrogen-bond acceptors (Lipinski definition) is 5. The first kappa shape index (κ1) is 15.3. The summed E-state index contributed by atoms with van der Waals surface area (Å²) >= 11 is 0. The number of aliphatic carboxylic acids is 1. The second-order valence-corrected chi connectivity index (χ2v) is 4.32. The molecule has 0 saturated carbocycles. The SMILES string of the molecule is COCCN(CC(=O)O)C(C)c1cc(O)cc(O)c1. The molecule has 1 aromatic rings. The van der Waals surface area contributed by atoms with E-state index in [2.05, 4.69) is 0 Å². The van der Waals surface area contributed by atoms with Crippen molar-refractivity contribution >= 4 is 5.97 Å². The number of methoxy groups -OCH3 is 1. The van der Waals surface area contributed by atoms with Crippen molar-refractivity contribution in [2.24, 2.45) is 0 Å². The molecular formula is C13H19NO5. The van der Waals surface area contributed by atoms with Gasteiger partial charge in [0, 0.05) is 25.8 Å². The minimum atomic E-state index is -0.938. The van der Waals surface area contributed by atoms with Crippen LogP contribution >= 0.6 is 0 Å². The number of carboxylic acid groups (broad SMARTS) is 1. The van der Waals surface area contributed by atoms with E-state index in [1.54, 1.807) is 12.0 Å². The van der Waals surface area contributed by atoms with Crippen molar-refractivity contribution in [3.05, 3.63) is 23.8 Å². The van der Waals surface area contributed by atoms with E-state index in [-0.39, 0.29) is 24.1 Å². The van der Waals surface area contributed by atoms with Crippen LogP contribution in [0.4, 0.5) is 0 Å². The van der Waals surface area contributed by atoms with Crippen molar-refractivity contribution in [1.82, 2.24) is 4.90 Å². The normalized spacial score (nSPS) is 12.6. The lowest BCUT2D eigenvalue weighted by Gasteiger charge is -2.27. The van der Waals surface area contributed by atoms with E-state index >= 15 is 0 Å². The Morgan fingerprint density at radius 3 is 2.37 bits per heavy atom. The molecule has 0 bridgehead atoms. The first-order chi connectivity index (χ1) is 8.93. The molecule has 0 amide bonds. The van der Waals surface area contributed by atoms with Gasteiger partial charge in [0.2, 0.25) is 0 Å². The van der Waals surface area contributed by atoms with Crippen LogP contribution in [0.5, 0.6) is 11.5 Å². The maximum atomic E-state index is 10.9. The van der Waals surface area contributed by atoms with Gasteiger partial charge in [-0.25, -0.2) is 0 Å². The van der Waals surface area contributed by atoms with E-state index in [4.69, 9.17) is 9.84 Å². The molecule has 1 atom stereocenters. The molecule has 0 fully saturated rings. The quantitative estimate of drug-likeness (QED) is 0.689. The highest BCUT2D eigenvalue weighted by molar-refractivity contribution is 5.69. The van der Waals surface area contributed by atoms with Crippen molar-refractivity contribution < 1.29 is 24.9 Å². The van der Waals surface area contributed by atoms with E-state index in [0.717, 1.165) is 0 Å². The van der Waals surface area contributed by atoms with E-state index in [0.29, 0.717) is 18.7 Å². The van der Waals surface area contributed by atoms with Crippen LogP contribution in [-0.4, -0.2) is 53.0 Å². The summed E-state index contributed by atoms with van der Waals surface area (Å²) in [7, 11) is 1.55. The molecule has 0 saturated heterocycles. The summed E-state index contributed by atoms with van der Waals surface area (Å²) in [4.78, 5) is 12.6. The molecule has 0 heterocycles. The molecule has 19 heavy (non-hydrogen) atoms. The Balaban J connectivity index is 2.89. The number of benzene rings is 1. The van der Waals surface area contributed by atoms with Crippen molar-refractivity contribution in [2.75, 3.05) is 26.8 Å². The summed E-state index contributed by atoms with van der Waals surface area (Å²) in [5, 5.41) is 27.8. The summed E-state index contributed by atoms with van der Waals surface area (Å²) < 4.78 is 4.95. The Labute approximate surface area is 111 Å². The van der Waals surface area contributed by atoms with Gasteiger partial charge in [0.25, 0.3) is 0 Å². The van der Waals surface area contributed by atoms with Gasteiger partial charge in [-0.2, -0.15) is 0 Å². The number of carbonyl (C=O) groups is 1. The van der Waals surface area contributed by atoms with E-state index in [1.807, 2.05) is 6.92 Å². The Kier molecular flexibility index (Phi) is 5.59. The van der Waals surface area contributed by atoms with Crippen LogP contribution in [0.2, 0.25) is 0 Å². The highest BCUT2D eigenvalue weighted by atomic mass is 16.5. The minimum Gasteiger partial charge on any atom is -0.508 e. The fourth-order valence-corrected chi connectivity index (χ4v) is 1.86. The van der Waals surface area contributed by atoms with Crippen LogP contribution in [0.15, 0.2) is 18.2 Å². The molecule has 0 spiro atoms. The largest absolute Gasteiger partial charge is 0.508 e. The van der Waals surface area contributed by atoms with Gasteiger partial charge in [0.05, 0.1) is 13.2 Å². The van der Waals surface area contributed by atoms with Gasteiger partial charge in [-0.1, -0.05) is 0 Å². The van der Waals surface area contributed by atoms with Crippen LogP contribution in [0.1, 0.15) is 18.5 Å². The van der Waals surface area contributed by atoms with Crippen LogP contribution in [0.25, 0.3) is 0 Å². The van der Waals surface area contributed by atoms with Gasteiger partial charge in [0.1, 0.15) is 11.5 Å². The molecule has 0 aliphatic carbocycles. The van der Waals surface area contributed by atoms with Crippen molar-refractivity contribution in [1.29, 1.82) is 0 Å². The van der Waals surface area contributed by atoms with E-state index in [9.17, 15) is 15.0 Å². The summed E-state index contributed by atoms with van der Waals surface area (Å²) in [6.45, 7) is 2.52. The Morgan fingerprint density at radius 2 is 1.89 bits per heavy atom. The van der Waals surface area contributed by atoms with Crippen molar-refractivity contribution in [3.8, 4) is 11.5 Å². The van der Waals surface area contributed by atoms with Gasteiger partial charge in [0.15, 0.2) is 0 Å². The second-order valence-electron chi connectivity index (χ2n) is 4.32. The Bertz CT molecular complexity index is 415. The second kappa shape index (κ2) is 6.96. The molecule has 0 aliphatic heterocycles. The van der Waals surface area contributed by atoms with Gasteiger partial charge < -0.3 is 20.1 Å². The van der Waals surface area contributed by atoms with Gasteiger partial charge in [-0.15, -0.1) is 0 Å². The van der Waals surface area contributed by atoms with Gasteiger partial charge >= 0.3 is 5.97 Å². The van der Waals surface area contributed by atoms with E-state index in [1.165, 1.54) is 18.2 Å². The molecule has 106 valence electrons. The van der Waals surface area contributed by atoms with Crippen LogP contribution in [0, 0.1) is 0 Å². The van der Waals surface area contributed by atoms with Crippen LogP contribution < -0.4 is 0 Å². The summed E-state index contributed by atoms with van der Waals surface area (Å²) in [5.41, 5.74) is 0.648. The number of hydrogen-bond donors (Lipinski definition) is 3. The molecule has 0 radical (unpaired) electrons. The fourth-order valence-electron chi connectivity index (χ4n) is 1.86. The average molecular weight is 269 g/mol. The summed E-state index contributed by atoms with van der Waals surface area (Å²) in [6, 6.07) is 3.98. The average Bonchev–Trinajstić information content (AvgIpc) is 2.32. The predicted molar refractivity (Wildman–Crippen MR) is 69.3 cm³/mol. The minimum absolute atomic E-state index is 0.0520. The number of aromatic hydroxyl groups is 2. The summed E-state index contributed by atoms with van der Waals surface area (Å²) in [6.07, 6.45) is 0. The predicted octanol–water partition coefficient (Wildman–Crippen LogP) is 1.19. The van der Waals surface area contributed by atoms with Crippen molar-refractivity contribution in [2.45, 2.75) is 13.0 Å². The first-order valence-corrected chi connectivity index (χ1v) is 5.91. The molecule has 1 aromatic carbocycles. The number of ether oxygens (including phenoxy) is 1. The summed E-state index contributed by atoms with van der Waals surface area (Å²) in [5.74, 6) is -1.04. The fraction of sp³-hybridized carbons (Fsp3) is 0.462. The lowest BCUT2D eigenvalue weighted by atomic mass is 10.1. The molecular weight excluding hydrogens is 250 g/mol. The Morgan fingerprint density at radius 1 is 1.32 bits per heavy atom. The number of phenols is 2. The zero-order valence-corrected chi connectivity index (χ0v) is 11.0. The van der Waals surface area contributed by atoms with Gasteiger partial charge in [-0.3, -0.25) is 9.69 Å². The van der Waals surface area contributed by atoms with Crippen LogP contribution in [-0.2, 0) is 9.53 Å². The highest BCUT2D eigenvalue weighted by Gasteiger charge is 2.19. The third-order valence-electron chi connectivity index (χ3n) is 2.88. The number of carboxylic acids is 1. The molecule has 1 rings (SSSR count). The third-order valence-corrected chi connectivity index (χ3v) is 2.88. The molecule has 0 aliphatic rings. The monoisotopic (exact) mass is 269 g/mol. The smallest absolute Gasteiger partial charge is 0.317 e. The number of rotatable bonds is 7. The number of nitrogens with zero attached hydrogens (tertiary/aromatic N) is 1. The lowest BCUT2D eigenvalue weighted by molar-refractivity contribution is -0.139. The third kappa shape index (κ3) is 4.76. The molecule has 6 nitrogen and oxygen atoms in total. The zero-order valence-electron chi connectivity index (χ0n) is 11.0. The highest BCUT2D eigenvalue weighted by Crippen LogP contribution is 2.27. The zero-order chi connectivity index (χ0) is 14.4. The standard InChI is InChI=1S/C13H19NO5/c1-9(10-5-11(15)7-12(16)6-10)14(3-4-19-2)8-13(17)18/h5-7,9,15-16H,3-4,8H2,1-2H3,(H,17,18). The topological polar surface area (TPSA) is 90.2 Å². The molecule has 0 aromatic heterocycles. The lowest BCUT2D eigenvalue weighted by Crippen LogP contribution is -2.35. The maximum Gasteiger partial charge on any atom is 0.317 e.